The maximum atomic E-state index is 12.2. The molecule has 0 heterocycles. The number of anilines is 1. The number of nitrogens with one attached hydrogen (secondary N) is 2. The Balaban J connectivity index is 2.04. The molecule has 0 aliphatic rings. The molecule has 1 amide bonds. The fourth-order valence-electron chi connectivity index (χ4n) is 2.02. The number of sulfonamides is 1. The SMILES string of the molecule is COCCNS(=O)(=O)c1ccc(C(=O)Nc2ccc(OC)cc2)cc1. The molecule has 0 bridgehead atoms. The van der Waals surface area contributed by atoms with Crippen molar-refractivity contribution in [2.75, 3.05) is 32.7 Å². The van der Waals surface area contributed by atoms with Gasteiger partial charge in [0.05, 0.1) is 18.6 Å². The molecule has 2 rings (SSSR count). The minimum atomic E-state index is -3.62. The van der Waals surface area contributed by atoms with Gasteiger partial charge in [0.2, 0.25) is 10.0 Å². The van der Waals surface area contributed by atoms with Gasteiger partial charge in [-0.05, 0) is 48.5 Å². The van der Waals surface area contributed by atoms with Crippen LogP contribution in [-0.2, 0) is 14.8 Å². The summed E-state index contributed by atoms with van der Waals surface area (Å²) in [5.41, 5.74) is 0.968. The summed E-state index contributed by atoms with van der Waals surface area (Å²) in [6.07, 6.45) is 0. The molecule has 0 fully saturated rings. The number of hydrogen-bond donors (Lipinski definition) is 2. The highest BCUT2D eigenvalue weighted by atomic mass is 32.2. The molecule has 0 radical (unpaired) electrons. The molecule has 134 valence electrons. The molecule has 0 atom stereocenters. The third-order valence-electron chi connectivity index (χ3n) is 3.37. The van der Waals surface area contributed by atoms with E-state index in [0.717, 1.165) is 0 Å². The number of hydrogen-bond acceptors (Lipinski definition) is 5. The molecular weight excluding hydrogens is 344 g/mol. The predicted molar refractivity (Wildman–Crippen MR) is 94.5 cm³/mol. The van der Waals surface area contributed by atoms with E-state index in [9.17, 15) is 13.2 Å². The first-order valence-electron chi connectivity index (χ1n) is 7.50. The lowest BCUT2D eigenvalue weighted by Crippen LogP contribution is -2.27. The summed E-state index contributed by atoms with van der Waals surface area (Å²) in [6, 6.07) is 12.6. The lowest BCUT2D eigenvalue weighted by molar-refractivity contribution is 0.102. The van der Waals surface area contributed by atoms with Gasteiger partial charge in [-0.2, -0.15) is 0 Å². The Morgan fingerprint density at radius 2 is 1.64 bits per heavy atom. The van der Waals surface area contributed by atoms with Crippen molar-refractivity contribution >= 4 is 21.6 Å². The molecule has 8 heteroatoms. The molecule has 25 heavy (non-hydrogen) atoms. The summed E-state index contributed by atoms with van der Waals surface area (Å²) in [7, 11) is -0.564. The molecule has 0 aliphatic carbocycles. The molecule has 0 unspecified atom stereocenters. The summed E-state index contributed by atoms with van der Waals surface area (Å²) in [6.45, 7) is 0.458. The smallest absolute Gasteiger partial charge is 0.255 e. The first kappa shape index (κ1) is 18.9. The van der Waals surface area contributed by atoms with Crippen molar-refractivity contribution in [1.29, 1.82) is 0 Å². The minimum absolute atomic E-state index is 0.0876. The number of benzene rings is 2. The van der Waals surface area contributed by atoms with Crippen LogP contribution < -0.4 is 14.8 Å². The number of carbonyl (C=O) groups excluding carboxylic acids is 1. The van der Waals surface area contributed by atoms with Gasteiger partial charge in [0.15, 0.2) is 0 Å². The molecule has 2 aromatic rings. The van der Waals surface area contributed by atoms with Crippen molar-refractivity contribution in [3.05, 3.63) is 54.1 Å². The quantitative estimate of drug-likeness (QED) is 0.698. The Bertz CT molecular complexity index is 802. The number of carbonyl (C=O) groups is 1. The molecule has 2 aromatic carbocycles. The van der Waals surface area contributed by atoms with Crippen molar-refractivity contribution in [3.63, 3.8) is 0 Å². The topological polar surface area (TPSA) is 93.7 Å². The minimum Gasteiger partial charge on any atom is -0.497 e. The molecule has 0 spiro atoms. The van der Waals surface area contributed by atoms with Crippen LogP contribution in [-0.4, -0.2) is 41.7 Å². The Morgan fingerprint density at radius 3 is 2.20 bits per heavy atom. The van der Waals surface area contributed by atoms with Gasteiger partial charge in [-0.1, -0.05) is 0 Å². The number of amides is 1. The van der Waals surface area contributed by atoms with E-state index in [4.69, 9.17) is 9.47 Å². The van der Waals surface area contributed by atoms with Crippen LogP contribution in [0.3, 0.4) is 0 Å². The fourth-order valence-corrected chi connectivity index (χ4v) is 3.04. The second kappa shape index (κ2) is 8.61. The second-order valence-corrected chi connectivity index (χ2v) is 6.86. The lowest BCUT2D eigenvalue weighted by atomic mass is 10.2. The zero-order valence-electron chi connectivity index (χ0n) is 14.0. The van der Waals surface area contributed by atoms with E-state index in [0.29, 0.717) is 17.0 Å². The van der Waals surface area contributed by atoms with Gasteiger partial charge in [0, 0.05) is 24.9 Å². The Morgan fingerprint density at radius 1 is 1.00 bits per heavy atom. The largest absolute Gasteiger partial charge is 0.497 e. The Hall–Kier alpha value is -2.42. The van der Waals surface area contributed by atoms with E-state index in [1.165, 1.54) is 31.4 Å². The standard InChI is InChI=1S/C17H20N2O5S/c1-23-12-11-18-25(21,22)16-9-3-13(4-10-16)17(20)19-14-5-7-15(24-2)8-6-14/h3-10,18H,11-12H2,1-2H3,(H,19,20). The van der Waals surface area contributed by atoms with Crippen LogP contribution in [0.25, 0.3) is 0 Å². The molecule has 0 saturated heterocycles. The van der Waals surface area contributed by atoms with Crippen molar-refractivity contribution in [3.8, 4) is 5.75 Å². The summed E-state index contributed by atoms with van der Waals surface area (Å²) >= 11 is 0. The number of ether oxygens (including phenoxy) is 2. The van der Waals surface area contributed by atoms with Gasteiger partial charge in [-0.25, -0.2) is 13.1 Å². The first-order chi connectivity index (χ1) is 12.0. The van der Waals surface area contributed by atoms with Gasteiger partial charge in [-0.3, -0.25) is 4.79 Å². The van der Waals surface area contributed by atoms with Crippen LogP contribution in [0.4, 0.5) is 5.69 Å². The van der Waals surface area contributed by atoms with Crippen molar-refractivity contribution in [2.24, 2.45) is 0 Å². The van der Waals surface area contributed by atoms with E-state index >= 15 is 0 Å². The van der Waals surface area contributed by atoms with E-state index in [-0.39, 0.29) is 24.0 Å². The average Bonchev–Trinajstić information content (AvgIpc) is 2.62. The first-order valence-corrected chi connectivity index (χ1v) is 8.98. The number of rotatable bonds is 8. The molecule has 7 nitrogen and oxygen atoms in total. The maximum Gasteiger partial charge on any atom is 0.255 e. The summed E-state index contributed by atoms with van der Waals surface area (Å²) in [5.74, 6) is 0.356. The van der Waals surface area contributed by atoms with Gasteiger partial charge >= 0.3 is 0 Å². The zero-order chi connectivity index (χ0) is 18.3. The maximum absolute atomic E-state index is 12.2. The van der Waals surface area contributed by atoms with Crippen LogP contribution in [0, 0.1) is 0 Å². The summed E-state index contributed by atoms with van der Waals surface area (Å²) < 4.78 is 36.4. The fraction of sp³-hybridized carbons (Fsp3) is 0.235. The van der Waals surface area contributed by atoms with E-state index in [2.05, 4.69) is 10.0 Å². The van der Waals surface area contributed by atoms with E-state index in [1.54, 1.807) is 31.4 Å². The average molecular weight is 364 g/mol. The van der Waals surface area contributed by atoms with Gasteiger partial charge in [0.1, 0.15) is 5.75 Å². The molecular formula is C17H20N2O5S. The molecule has 0 aliphatic heterocycles. The van der Waals surface area contributed by atoms with E-state index < -0.39 is 10.0 Å². The highest BCUT2D eigenvalue weighted by Gasteiger charge is 2.14. The summed E-state index contributed by atoms with van der Waals surface area (Å²) in [4.78, 5) is 12.3. The predicted octanol–water partition coefficient (Wildman–Crippen LogP) is 1.87. The second-order valence-electron chi connectivity index (χ2n) is 5.10. The van der Waals surface area contributed by atoms with Crippen molar-refractivity contribution < 1.29 is 22.7 Å². The normalized spacial score (nSPS) is 11.1. The van der Waals surface area contributed by atoms with Crippen molar-refractivity contribution in [1.82, 2.24) is 4.72 Å². The monoisotopic (exact) mass is 364 g/mol. The van der Waals surface area contributed by atoms with Crippen LogP contribution >= 0.6 is 0 Å². The number of methoxy groups -OCH3 is 2. The van der Waals surface area contributed by atoms with Crippen LogP contribution in [0.2, 0.25) is 0 Å². The Kier molecular flexibility index (Phi) is 6.51. The zero-order valence-corrected chi connectivity index (χ0v) is 14.8. The highest BCUT2D eigenvalue weighted by Crippen LogP contribution is 2.16. The summed E-state index contributed by atoms with van der Waals surface area (Å²) in [5, 5.41) is 2.73. The highest BCUT2D eigenvalue weighted by molar-refractivity contribution is 7.89. The third kappa shape index (κ3) is 5.28. The Labute approximate surface area is 147 Å². The van der Waals surface area contributed by atoms with Crippen LogP contribution in [0.5, 0.6) is 5.75 Å². The van der Waals surface area contributed by atoms with Gasteiger partial charge in [0.25, 0.3) is 5.91 Å². The van der Waals surface area contributed by atoms with Crippen molar-refractivity contribution in [2.45, 2.75) is 4.90 Å². The van der Waals surface area contributed by atoms with Gasteiger partial charge < -0.3 is 14.8 Å². The van der Waals surface area contributed by atoms with Crippen LogP contribution in [0.15, 0.2) is 53.4 Å². The molecule has 0 saturated carbocycles. The lowest BCUT2D eigenvalue weighted by Gasteiger charge is -2.08. The molecule has 2 N–H and O–H groups in total. The van der Waals surface area contributed by atoms with Crippen LogP contribution in [0.1, 0.15) is 10.4 Å². The van der Waals surface area contributed by atoms with E-state index in [1.807, 2.05) is 0 Å². The molecule has 0 aromatic heterocycles. The third-order valence-corrected chi connectivity index (χ3v) is 4.85. The van der Waals surface area contributed by atoms with Gasteiger partial charge in [-0.15, -0.1) is 0 Å².